The van der Waals surface area contributed by atoms with Crippen molar-refractivity contribution in [2.75, 3.05) is 6.61 Å². The first-order chi connectivity index (χ1) is 12.6. The monoisotopic (exact) mass is 370 g/mol. The van der Waals surface area contributed by atoms with Crippen molar-refractivity contribution in [3.63, 3.8) is 0 Å². The van der Waals surface area contributed by atoms with Crippen molar-refractivity contribution in [2.24, 2.45) is 0 Å². The summed E-state index contributed by atoms with van der Waals surface area (Å²) in [7, 11) is 0. The summed E-state index contributed by atoms with van der Waals surface area (Å²) >= 11 is 5.90. The lowest BCUT2D eigenvalue weighted by Gasteiger charge is -2.15. The van der Waals surface area contributed by atoms with Crippen LogP contribution in [0.1, 0.15) is 22.0 Å². The van der Waals surface area contributed by atoms with Gasteiger partial charge in [0, 0.05) is 5.02 Å². The molecule has 0 spiro atoms. The lowest BCUT2D eigenvalue weighted by Crippen LogP contribution is -2.39. The molecule has 0 radical (unpaired) electrons. The number of nitrogens with zero attached hydrogens (tertiary/aromatic N) is 3. The number of hydrogen-bond acceptors (Lipinski definition) is 4. The van der Waals surface area contributed by atoms with Crippen LogP contribution in [0.2, 0.25) is 5.02 Å². The second-order valence-electron chi connectivity index (χ2n) is 5.91. The zero-order valence-corrected chi connectivity index (χ0v) is 15.0. The van der Waals surface area contributed by atoms with Gasteiger partial charge in [-0.25, -0.2) is 9.67 Å². The van der Waals surface area contributed by atoms with E-state index in [1.54, 1.807) is 35.9 Å². The number of benzene rings is 2. The molecule has 2 aromatic carbocycles. The number of hydrogen-bond donors (Lipinski definition) is 2. The molecule has 3 rings (SSSR count). The van der Waals surface area contributed by atoms with Crippen LogP contribution >= 0.6 is 11.6 Å². The molecule has 2 N–H and O–H groups in total. The maximum absolute atomic E-state index is 12.5. The van der Waals surface area contributed by atoms with E-state index < -0.39 is 11.9 Å². The van der Waals surface area contributed by atoms with Gasteiger partial charge in [-0.15, -0.1) is 5.10 Å². The summed E-state index contributed by atoms with van der Waals surface area (Å²) in [6.07, 6.45) is 0.528. The second kappa shape index (κ2) is 8.12. The van der Waals surface area contributed by atoms with Crippen molar-refractivity contribution < 1.29 is 9.90 Å². The summed E-state index contributed by atoms with van der Waals surface area (Å²) in [5.41, 5.74) is 1.80. The molecule has 0 aliphatic rings. The van der Waals surface area contributed by atoms with Crippen LogP contribution in [0, 0.1) is 6.92 Å². The summed E-state index contributed by atoms with van der Waals surface area (Å²) in [5.74, 6) is 0.223. The lowest BCUT2D eigenvalue weighted by molar-refractivity contribution is 0.0906. The Labute approximate surface area is 156 Å². The molecule has 1 atom stereocenters. The Kier molecular flexibility index (Phi) is 5.65. The van der Waals surface area contributed by atoms with E-state index in [2.05, 4.69) is 15.4 Å². The number of carbonyl (C=O) groups excluding carboxylic acids is 1. The molecule has 0 saturated carbocycles. The van der Waals surface area contributed by atoms with Crippen molar-refractivity contribution in [3.8, 4) is 5.69 Å². The van der Waals surface area contributed by atoms with Crippen molar-refractivity contribution in [2.45, 2.75) is 19.4 Å². The van der Waals surface area contributed by atoms with Crippen LogP contribution in [0.15, 0.2) is 54.6 Å². The molecular weight excluding hydrogens is 352 g/mol. The van der Waals surface area contributed by atoms with Gasteiger partial charge in [-0.2, -0.15) is 0 Å². The highest BCUT2D eigenvalue weighted by Crippen LogP contribution is 2.14. The largest absolute Gasteiger partial charge is 0.394 e. The van der Waals surface area contributed by atoms with Gasteiger partial charge in [0.25, 0.3) is 5.91 Å². The van der Waals surface area contributed by atoms with E-state index in [0.717, 1.165) is 11.3 Å². The molecule has 26 heavy (non-hydrogen) atoms. The van der Waals surface area contributed by atoms with Crippen LogP contribution in [-0.4, -0.2) is 38.4 Å². The average molecular weight is 371 g/mol. The Bertz CT molecular complexity index is 878. The number of aryl methyl sites for hydroxylation is 1. The molecule has 1 amide bonds. The van der Waals surface area contributed by atoms with E-state index in [4.69, 9.17) is 11.6 Å². The van der Waals surface area contributed by atoms with Gasteiger partial charge in [0.15, 0.2) is 0 Å². The molecule has 0 aliphatic heterocycles. The molecular formula is C19H19ClN4O2. The van der Waals surface area contributed by atoms with Crippen LogP contribution in [0.4, 0.5) is 0 Å². The highest BCUT2D eigenvalue weighted by atomic mass is 35.5. The number of aromatic nitrogens is 3. The topological polar surface area (TPSA) is 80.0 Å². The molecule has 0 bridgehead atoms. The summed E-state index contributed by atoms with van der Waals surface area (Å²) < 4.78 is 1.58. The number of rotatable bonds is 6. The van der Waals surface area contributed by atoms with Gasteiger partial charge in [-0.1, -0.05) is 41.9 Å². The van der Waals surface area contributed by atoms with E-state index in [9.17, 15) is 9.90 Å². The molecule has 1 unspecified atom stereocenters. The zero-order valence-electron chi connectivity index (χ0n) is 14.3. The maximum Gasteiger partial charge on any atom is 0.291 e. The Morgan fingerprint density at radius 3 is 2.54 bits per heavy atom. The fourth-order valence-electron chi connectivity index (χ4n) is 2.62. The van der Waals surface area contributed by atoms with Crippen LogP contribution in [0.3, 0.4) is 0 Å². The van der Waals surface area contributed by atoms with E-state index in [1.165, 1.54) is 0 Å². The first-order valence-electron chi connectivity index (χ1n) is 8.22. The van der Waals surface area contributed by atoms with E-state index in [1.807, 2.05) is 30.3 Å². The second-order valence-corrected chi connectivity index (χ2v) is 6.35. The number of carbonyl (C=O) groups is 1. The predicted molar refractivity (Wildman–Crippen MR) is 99.6 cm³/mol. The van der Waals surface area contributed by atoms with Crippen LogP contribution in [0.5, 0.6) is 0 Å². The van der Waals surface area contributed by atoms with Crippen molar-refractivity contribution in [1.29, 1.82) is 0 Å². The highest BCUT2D eigenvalue weighted by Gasteiger charge is 2.19. The fraction of sp³-hybridized carbons (Fsp3) is 0.211. The predicted octanol–water partition coefficient (Wildman–Crippen LogP) is 2.56. The van der Waals surface area contributed by atoms with E-state index in [0.29, 0.717) is 17.3 Å². The minimum atomic E-state index is -0.421. The molecule has 0 saturated heterocycles. The van der Waals surface area contributed by atoms with Crippen LogP contribution in [0.25, 0.3) is 5.69 Å². The zero-order chi connectivity index (χ0) is 18.5. The minimum absolute atomic E-state index is 0.0592. The fourth-order valence-corrected chi connectivity index (χ4v) is 2.75. The lowest BCUT2D eigenvalue weighted by atomic mass is 10.1. The van der Waals surface area contributed by atoms with Gasteiger partial charge < -0.3 is 10.4 Å². The summed E-state index contributed by atoms with van der Waals surface area (Å²) in [6, 6.07) is 16.4. The van der Waals surface area contributed by atoms with Gasteiger partial charge in [0.2, 0.25) is 5.82 Å². The molecule has 7 heteroatoms. The van der Waals surface area contributed by atoms with Crippen molar-refractivity contribution >= 4 is 17.5 Å². The molecule has 1 aromatic heterocycles. The SMILES string of the molecule is Cc1nc(C(=O)NC(CO)Cc2ccccc2)nn1-c1ccc(Cl)cc1. The smallest absolute Gasteiger partial charge is 0.291 e. The normalized spacial score (nSPS) is 12.0. The number of nitrogens with one attached hydrogen (secondary N) is 1. The minimum Gasteiger partial charge on any atom is -0.394 e. The number of halogens is 1. The summed E-state index contributed by atoms with van der Waals surface area (Å²) in [5, 5.41) is 17.3. The Morgan fingerprint density at radius 2 is 1.88 bits per heavy atom. The van der Waals surface area contributed by atoms with Gasteiger partial charge >= 0.3 is 0 Å². The number of aliphatic hydroxyl groups excluding tert-OH is 1. The van der Waals surface area contributed by atoms with Crippen LogP contribution in [-0.2, 0) is 6.42 Å². The van der Waals surface area contributed by atoms with Crippen molar-refractivity contribution in [3.05, 3.63) is 76.8 Å². The van der Waals surface area contributed by atoms with Gasteiger partial charge in [-0.05, 0) is 43.2 Å². The van der Waals surface area contributed by atoms with Gasteiger partial charge in [-0.3, -0.25) is 4.79 Å². The molecule has 6 nitrogen and oxygen atoms in total. The quantitative estimate of drug-likeness (QED) is 0.698. The summed E-state index contributed by atoms with van der Waals surface area (Å²) in [6.45, 7) is 1.60. The third kappa shape index (κ3) is 4.28. The van der Waals surface area contributed by atoms with E-state index in [-0.39, 0.29) is 12.4 Å². The van der Waals surface area contributed by atoms with Gasteiger partial charge in [0.05, 0.1) is 18.3 Å². The van der Waals surface area contributed by atoms with E-state index >= 15 is 0 Å². The number of amides is 1. The molecule has 134 valence electrons. The highest BCUT2D eigenvalue weighted by molar-refractivity contribution is 6.30. The Hall–Kier alpha value is -2.70. The summed E-state index contributed by atoms with van der Waals surface area (Å²) in [4.78, 5) is 16.7. The third-order valence-corrected chi connectivity index (χ3v) is 4.18. The molecule has 0 aliphatic carbocycles. The molecule has 0 fully saturated rings. The Balaban J connectivity index is 1.73. The van der Waals surface area contributed by atoms with Gasteiger partial charge in [0.1, 0.15) is 5.82 Å². The molecule has 1 heterocycles. The maximum atomic E-state index is 12.5. The molecule has 3 aromatic rings. The number of aliphatic hydroxyl groups is 1. The standard InChI is InChI=1S/C19H19ClN4O2/c1-13-21-18(23-24(13)17-9-7-15(20)8-10-17)19(26)22-16(12-25)11-14-5-3-2-4-6-14/h2-10,16,25H,11-12H2,1H3,(H,22,26). The third-order valence-electron chi connectivity index (χ3n) is 3.92. The van der Waals surface area contributed by atoms with Crippen molar-refractivity contribution in [1.82, 2.24) is 20.1 Å². The average Bonchev–Trinajstić information content (AvgIpc) is 3.04. The first-order valence-corrected chi connectivity index (χ1v) is 8.60. The first kappa shape index (κ1) is 18.1. The Morgan fingerprint density at radius 1 is 1.19 bits per heavy atom. The van der Waals surface area contributed by atoms with Crippen LogP contribution < -0.4 is 5.32 Å².